The molecule has 180 valence electrons. The highest BCUT2D eigenvalue weighted by Gasteiger charge is 2.46. The summed E-state index contributed by atoms with van der Waals surface area (Å²) < 4.78 is 7.21. The number of aliphatic hydroxyl groups is 3. The van der Waals surface area contributed by atoms with E-state index < -0.39 is 48.7 Å². The van der Waals surface area contributed by atoms with Crippen LogP contribution in [-0.4, -0.2) is 73.0 Å². The van der Waals surface area contributed by atoms with Crippen LogP contribution in [0.1, 0.15) is 24.6 Å². The van der Waals surface area contributed by atoms with E-state index in [4.69, 9.17) is 16.3 Å². The van der Waals surface area contributed by atoms with Crippen molar-refractivity contribution in [3.8, 4) is 6.07 Å². The normalized spacial score (nSPS) is 24.0. The molecule has 5 N–H and O–H groups in total. The molecule has 2 heterocycles. The minimum absolute atomic E-state index is 0.0573. The molecular formula is C21H20BrClN4O7. The number of hydrogen-bond donors (Lipinski definition) is 5. The van der Waals surface area contributed by atoms with Crippen LogP contribution in [0.2, 0.25) is 5.02 Å². The summed E-state index contributed by atoms with van der Waals surface area (Å²) in [6.45, 7) is -0.831. The first kappa shape index (κ1) is 24.4. The number of nitriles is 1. The summed E-state index contributed by atoms with van der Waals surface area (Å²) in [6, 6.07) is 2.95. The maximum absolute atomic E-state index is 12.7. The lowest BCUT2D eigenvalue weighted by molar-refractivity contribution is -0.147. The van der Waals surface area contributed by atoms with Gasteiger partial charge in [0, 0.05) is 15.8 Å². The quantitative estimate of drug-likeness (QED) is 0.331. The van der Waals surface area contributed by atoms with Crippen molar-refractivity contribution in [3.63, 3.8) is 0 Å². The molecule has 1 fully saturated rings. The molecule has 5 atom stereocenters. The molecule has 0 unspecified atom stereocenters. The Labute approximate surface area is 206 Å². The van der Waals surface area contributed by atoms with Crippen molar-refractivity contribution in [2.75, 3.05) is 6.61 Å². The summed E-state index contributed by atoms with van der Waals surface area (Å²) in [4.78, 5) is 24.5. The number of carboxylic acids is 1. The zero-order chi connectivity index (χ0) is 24.7. The molecule has 0 radical (unpaired) electrons. The number of rotatable bonds is 7. The van der Waals surface area contributed by atoms with E-state index in [-0.39, 0.29) is 17.5 Å². The minimum atomic E-state index is -1.76. The average molecular weight is 556 g/mol. The highest BCUT2D eigenvalue weighted by molar-refractivity contribution is 9.10. The van der Waals surface area contributed by atoms with E-state index in [1.807, 2.05) is 6.07 Å². The topological polar surface area (TPSA) is 178 Å². The van der Waals surface area contributed by atoms with Gasteiger partial charge < -0.3 is 30.5 Å². The number of carboxylic acid groups (broad SMARTS) is 1. The summed E-state index contributed by atoms with van der Waals surface area (Å²) in [5, 5.41) is 57.5. The van der Waals surface area contributed by atoms with Gasteiger partial charge in [0.2, 0.25) is 11.7 Å². The van der Waals surface area contributed by atoms with E-state index in [0.717, 1.165) is 0 Å². The van der Waals surface area contributed by atoms with Gasteiger partial charge in [0.25, 0.3) is 0 Å². The van der Waals surface area contributed by atoms with Gasteiger partial charge in [0.15, 0.2) is 0 Å². The Kier molecular flexibility index (Phi) is 6.84. The van der Waals surface area contributed by atoms with Crippen LogP contribution >= 0.6 is 27.5 Å². The Morgan fingerprint density at radius 2 is 2.09 bits per heavy atom. The Balaban J connectivity index is 1.89. The number of fused-ring (bicyclic) bond motifs is 1. The number of benzene rings is 1. The summed E-state index contributed by atoms with van der Waals surface area (Å²) >= 11 is 9.47. The molecule has 1 aliphatic carbocycles. The van der Waals surface area contributed by atoms with Crippen molar-refractivity contribution in [1.29, 1.82) is 5.26 Å². The van der Waals surface area contributed by atoms with E-state index in [1.54, 1.807) is 6.07 Å². The van der Waals surface area contributed by atoms with Gasteiger partial charge >= 0.3 is 5.97 Å². The Morgan fingerprint density at radius 3 is 2.68 bits per heavy atom. The fourth-order valence-electron chi connectivity index (χ4n) is 3.89. The van der Waals surface area contributed by atoms with Crippen LogP contribution in [0.15, 0.2) is 28.4 Å². The van der Waals surface area contributed by atoms with Crippen LogP contribution < -0.4 is 5.32 Å². The molecule has 1 aromatic heterocycles. The SMILES string of the molecule is N#Cc1c2cc(Br)c(Cl)cc2nn1[C@H]1C=C(C(=O)O)O[C@@H]([C@H](O)[C@H](O)CO)[C@@H]1NC(=O)C1CC1. The number of nitrogens with zero attached hydrogens (tertiary/aromatic N) is 3. The van der Waals surface area contributed by atoms with Gasteiger partial charge in [-0.05, 0) is 47.0 Å². The molecule has 2 aliphatic rings. The van der Waals surface area contributed by atoms with Crippen LogP contribution in [0, 0.1) is 17.2 Å². The highest BCUT2D eigenvalue weighted by atomic mass is 79.9. The van der Waals surface area contributed by atoms with Gasteiger partial charge in [-0.2, -0.15) is 10.4 Å². The smallest absolute Gasteiger partial charge is 0.370 e. The van der Waals surface area contributed by atoms with Crippen LogP contribution in [-0.2, 0) is 14.3 Å². The molecule has 0 saturated heterocycles. The number of nitrogens with one attached hydrogen (secondary N) is 1. The van der Waals surface area contributed by atoms with Gasteiger partial charge in [0.1, 0.15) is 30.1 Å². The summed E-state index contributed by atoms with van der Waals surface area (Å²) in [7, 11) is 0. The molecule has 0 spiro atoms. The Bertz CT molecular complexity index is 1220. The van der Waals surface area contributed by atoms with E-state index in [2.05, 4.69) is 26.3 Å². The molecule has 2 aromatic rings. The molecule has 11 nitrogen and oxygen atoms in total. The first-order valence-corrected chi connectivity index (χ1v) is 11.5. The van der Waals surface area contributed by atoms with Crippen LogP contribution in [0.25, 0.3) is 10.9 Å². The lowest BCUT2D eigenvalue weighted by Gasteiger charge is -2.40. The lowest BCUT2D eigenvalue weighted by atomic mass is 9.91. The van der Waals surface area contributed by atoms with E-state index in [1.165, 1.54) is 16.8 Å². The predicted octanol–water partition coefficient (Wildman–Crippen LogP) is 0.841. The number of aliphatic carboxylic acids is 1. The molecule has 1 aliphatic heterocycles. The monoisotopic (exact) mass is 554 g/mol. The van der Waals surface area contributed by atoms with Crippen molar-refractivity contribution in [2.24, 2.45) is 5.92 Å². The molecular weight excluding hydrogens is 536 g/mol. The number of carbonyl (C=O) groups excluding carboxylic acids is 1. The van der Waals surface area contributed by atoms with Gasteiger partial charge in [-0.25, -0.2) is 9.48 Å². The molecule has 1 saturated carbocycles. The number of amides is 1. The standard InChI is InChI=1S/C21H20BrClN4O7/c22-10-3-9-12(4-11(10)23)26-27(14(9)6-24)13-5-16(21(32)33)34-19(18(30)15(29)7-28)17(13)25-20(31)8-1-2-8/h3-5,8,13,15,17-19,28-30H,1-2,7H2,(H,25,31)(H,32,33)/t13-,15+,17+,18+,19+/m0/s1. The predicted molar refractivity (Wildman–Crippen MR) is 121 cm³/mol. The van der Waals surface area contributed by atoms with Crippen LogP contribution in [0.3, 0.4) is 0 Å². The number of hydrogen-bond acceptors (Lipinski definition) is 8. The molecule has 0 bridgehead atoms. The van der Waals surface area contributed by atoms with Gasteiger partial charge in [-0.15, -0.1) is 0 Å². The fourth-order valence-corrected chi connectivity index (χ4v) is 4.39. The maximum Gasteiger partial charge on any atom is 0.370 e. The Morgan fingerprint density at radius 1 is 1.38 bits per heavy atom. The number of aliphatic hydroxyl groups excluding tert-OH is 3. The van der Waals surface area contributed by atoms with Crippen molar-refractivity contribution >= 4 is 50.3 Å². The number of halogens is 2. The first-order valence-electron chi connectivity index (χ1n) is 10.3. The maximum atomic E-state index is 12.7. The van der Waals surface area contributed by atoms with Gasteiger partial charge in [-0.1, -0.05) is 11.6 Å². The van der Waals surface area contributed by atoms with Gasteiger partial charge in [-0.3, -0.25) is 4.79 Å². The molecule has 1 amide bonds. The van der Waals surface area contributed by atoms with E-state index in [9.17, 15) is 35.3 Å². The van der Waals surface area contributed by atoms with Crippen molar-refractivity contribution in [3.05, 3.63) is 39.2 Å². The Hall–Kier alpha value is -2.69. The van der Waals surface area contributed by atoms with Gasteiger partial charge in [0.05, 0.1) is 29.2 Å². The average Bonchev–Trinajstić information content (AvgIpc) is 3.61. The van der Waals surface area contributed by atoms with Crippen LogP contribution in [0.4, 0.5) is 0 Å². The number of ether oxygens (including phenoxy) is 1. The summed E-state index contributed by atoms with van der Waals surface area (Å²) in [5.74, 6) is -2.62. The summed E-state index contributed by atoms with van der Waals surface area (Å²) in [6.07, 6.45) is -2.39. The highest BCUT2D eigenvalue weighted by Crippen LogP contribution is 2.36. The van der Waals surface area contributed by atoms with Crippen molar-refractivity contribution in [2.45, 2.75) is 43.2 Å². The molecule has 13 heteroatoms. The molecule has 34 heavy (non-hydrogen) atoms. The fraction of sp³-hybridized carbons (Fsp3) is 0.429. The zero-order valence-electron chi connectivity index (χ0n) is 17.4. The second-order valence-electron chi connectivity index (χ2n) is 8.15. The van der Waals surface area contributed by atoms with Crippen molar-refractivity contribution < 1.29 is 34.8 Å². The number of carbonyl (C=O) groups is 2. The van der Waals surface area contributed by atoms with Crippen LogP contribution in [0.5, 0.6) is 0 Å². The third-order valence-electron chi connectivity index (χ3n) is 5.82. The van der Waals surface area contributed by atoms with E-state index >= 15 is 0 Å². The van der Waals surface area contributed by atoms with E-state index in [0.29, 0.717) is 33.2 Å². The zero-order valence-corrected chi connectivity index (χ0v) is 19.8. The first-order chi connectivity index (χ1) is 16.2. The lowest BCUT2D eigenvalue weighted by Crippen LogP contribution is -2.59. The van der Waals surface area contributed by atoms with Crippen molar-refractivity contribution in [1.82, 2.24) is 15.1 Å². The third-order valence-corrected chi connectivity index (χ3v) is 7.02. The second-order valence-corrected chi connectivity index (χ2v) is 9.41. The second kappa shape index (κ2) is 9.52. The largest absolute Gasteiger partial charge is 0.478 e. The third kappa shape index (κ3) is 4.49. The summed E-state index contributed by atoms with van der Waals surface area (Å²) in [5.41, 5.74) is 0.406. The minimum Gasteiger partial charge on any atom is -0.478 e. The molecule has 4 rings (SSSR count). The molecule has 1 aromatic carbocycles. The number of aromatic nitrogens is 2.